The number of carbonyl (C=O) groups is 2. The van der Waals surface area contributed by atoms with Crippen LogP contribution in [0.25, 0.3) is 0 Å². The fraction of sp³-hybridized carbons (Fsp3) is 0.250. The third-order valence-corrected chi connectivity index (χ3v) is 2.53. The van der Waals surface area contributed by atoms with Gasteiger partial charge in [0.2, 0.25) is 0 Å². The largest absolute Gasteiger partial charge is 0.461 e. The van der Waals surface area contributed by atoms with Gasteiger partial charge in [-0.3, -0.25) is 9.59 Å². The minimum absolute atomic E-state index is 0.277. The summed E-state index contributed by atoms with van der Waals surface area (Å²) in [5, 5.41) is 1.99. The Morgan fingerprint density at radius 2 is 1.90 bits per heavy atom. The van der Waals surface area contributed by atoms with Gasteiger partial charge in [-0.05, 0) is 0 Å². The van der Waals surface area contributed by atoms with Crippen LogP contribution in [0.1, 0.15) is 12.5 Å². The number of rotatable bonds is 2. The number of esters is 1. The van der Waals surface area contributed by atoms with E-state index in [4.69, 9.17) is 0 Å². The van der Waals surface area contributed by atoms with Crippen LogP contribution in [0.15, 0.2) is 35.3 Å². The number of hydrogen-bond acceptors (Lipinski definition) is 4. The van der Waals surface area contributed by atoms with Gasteiger partial charge in [0.1, 0.15) is 5.84 Å². The molecule has 1 aromatic carbocycles. The molecule has 1 N–H and O–H groups in total. The van der Waals surface area contributed by atoms with Crippen molar-refractivity contribution in [3.05, 3.63) is 35.9 Å². The molecular weight excluding hydrogens is 277 g/mol. The Balaban J connectivity index is 2.50. The molecule has 1 aliphatic heterocycles. The zero-order valence-electron chi connectivity index (χ0n) is 10.2. The number of halogens is 3. The Kier molecular flexibility index (Phi) is 3.24. The Labute approximate surface area is 111 Å². The molecule has 0 aliphatic carbocycles. The molecule has 0 saturated heterocycles. The van der Waals surface area contributed by atoms with Crippen molar-refractivity contribution < 1.29 is 27.5 Å². The van der Waals surface area contributed by atoms with Gasteiger partial charge >= 0.3 is 23.8 Å². The molecule has 8 heteroatoms. The maximum Gasteiger partial charge on any atom is 0.461 e. The van der Waals surface area contributed by atoms with Gasteiger partial charge in [0.15, 0.2) is 0 Å². The van der Waals surface area contributed by atoms with E-state index in [-0.39, 0.29) is 11.4 Å². The summed E-state index contributed by atoms with van der Waals surface area (Å²) in [6, 6.07) is 7.75. The van der Waals surface area contributed by atoms with Gasteiger partial charge in [-0.15, -0.1) is 0 Å². The van der Waals surface area contributed by atoms with Gasteiger partial charge in [0.05, 0.1) is 0 Å². The maximum absolute atomic E-state index is 13.1. The van der Waals surface area contributed by atoms with Crippen LogP contribution in [0.5, 0.6) is 0 Å². The summed E-state index contributed by atoms with van der Waals surface area (Å²) in [7, 11) is 0. The molecule has 0 fully saturated rings. The summed E-state index contributed by atoms with van der Waals surface area (Å²) in [5.41, 5.74) is -3.25. The van der Waals surface area contributed by atoms with Gasteiger partial charge in [0.25, 0.3) is 0 Å². The number of benzene rings is 1. The third kappa shape index (κ3) is 2.24. The monoisotopic (exact) mass is 286 g/mol. The fourth-order valence-corrected chi connectivity index (χ4v) is 1.69. The number of ether oxygens (including phenoxy) is 1. The molecule has 0 saturated carbocycles. The number of hydrogen-bond donors (Lipinski definition) is 1. The van der Waals surface area contributed by atoms with Gasteiger partial charge in [0, 0.05) is 12.5 Å². The SMILES string of the molecule is CC(=O)OC1(C(F)(F)F)N=C(c2ccccc2)NC1=O. The van der Waals surface area contributed by atoms with E-state index < -0.39 is 23.8 Å². The average molecular weight is 286 g/mol. The predicted octanol–water partition coefficient (Wildman–Crippen LogP) is 1.38. The van der Waals surface area contributed by atoms with Gasteiger partial charge in [-0.25, -0.2) is 4.99 Å². The molecule has 1 aromatic rings. The highest BCUT2D eigenvalue weighted by Crippen LogP contribution is 2.38. The summed E-state index contributed by atoms with van der Waals surface area (Å²) >= 11 is 0. The van der Waals surface area contributed by atoms with Gasteiger partial charge in [-0.1, -0.05) is 30.3 Å². The number of alkyl halides is 3. The molecule has 0 bridgehead atoms. The minimum Gasteiger partial charge on any atom is -0.419 e. The molecule has 0 radical (unpaired) electrons. The highest BCUT2D eigenvalue weighted by Gasteiger charge is 2.67. The molecule has 1 aliphatic rings. The number of amides is 1. The average Bonchev–Trinajstić information content (AvgIpc) is 2.68. The van der Waals surface area contributed by atoms with Crippen LogP contribution in [0.3, 0.4) is 0 Å². The first-order valence-electron chi connectivity index (χ1n) is 5.49. The fourth-order valence-electron chi connectivity index (χ4n) is 1.69. The predicted molar refractivity (Wildman–Crippen MR) is 61.7 cm³/mol. The summed E-state index contributed by atoms with van der Waals surface area (Å²) in [6.45, 7) is 0.775. The molecule has 1 heterocycles. The van der Waals surface area contributed by atoms with Crippen LogP contribution in [-0.4, -0.2) is 29.6 Å². The number of nitrogens with zero attached hydrogens (tertiary/aromatic N) is 1. The lowest BCUT2D eigenvalue weighted by Gasteiger charge is -2.24. The lowest BCUT2D eigenvalue weighted by molar-refractivity contribution is -0.255. The number of amidine groups is 1. The first kappa shape index (κ1) is 14.0. The molecule has 0 aromatic heterocycles. The Bertz CT molecular complexity index is 583. The summed E-state index contributed by atoms with van der Waals surface area (Å²) in [6.07, 6.45) is -5.15. The lowest BCUT2D eigenvalue weighted by atomic mass is 10.2. The van der Waals surface area contributed by atoms with Crippen LogP contribution in [0, 0.1) is 0 Å². The molecule has 1 unspecified atom stereocenters. The summed E-state index contributed by atoms with van der Waals surface area (Å²) in [4.78, 5) is 25.8. The van der Waals surface area contributed by atoms with Crippen LogP contribution in [0.4, 0.5) is 13.2 Å². The highest BCUT2D eigenvalue weighted by atomic mass is 19.4. The highest BCUT2D eigenvalue weighted by molar-refractivity contribution is 6.15. The van der Waals surface area contributed by atoms with Crippen molar-refractivity contribution in [2.24, 2.45) is 4.99 Å². The van der Waals surface area contributed by atoms with Crippen molar-refractivity contribution in [1.29, 1.82) is 0 Å². The normalized spacial score (nSPS) is 22.2. The second-order valence-corrected chi connectivity index (χ2v) is 4.02. The Morgan fingerprint density at radius 3 is 2.40 bits per heavy atom. The second-order valence-electron chi connectivity index (χ2n) is 4.02. The van der Waals surface area contributed by atoms with Gasteiger partial charge in [-0.2, -0.15) is 13.2 Å². The number of nitrogens with one attached hydrogen (secondary N) is 1. The third-order valence-electron chi connectivity index (χ3n) is 2.53. The van der Waals surface area contributed by atoms with Crippen molar-refractivity contribution in [3.8, 4) is 0 Å². The van der Waals surface area contributed by atoms with E-state index in [1.54, 1.807) is 18.2 Å². The molecule has 20 heavy (non-hydrogen) atoms. The molecule has 5 nitrogen and oxygen atoms in total. The molecule has 1 atom stereocenters. The van der Waals surface area contributed by atoms with E-state index in [1.165, 1.54) is 12.1 Å². The molecular formula is C12H9F3N2O3. The van der Waals surface area contributed by atoms with E-state index in [9.17, 15) is 22.8 Å². The molecule has 106 valence electrons. The first-order valence-corrected chi connectivity index (χ1v) is 5.49. The van der Waals surface area contributed by atoms with Crippen molar-refractivity contribution in [2.75, 3.05) is 0 Å². The lowest BCUT2D eigenvalue weighted by Crippen LogP contribution is -2.54. The molecule has 2 rings (SSSR count). The smallest absolute Gasteiger partial charge is 0.419 e. The second kappa shape index (κ2) is 4.62. The Hall–Kier alpha value is -2.38. The van der Waals surface area contributed by atoms with Crippen molar-refractivity contribution in [2.45, 2.75) is 18.8 Å². The van der Waals surface area contributed by atoms with Crippen LogP contribution >= 0.6 is 0 Å². The van der Waals surface area contributed by atoms with E-state index in [2.05, 4.69) is 9.73 Å². The van der Waals surface area contributed by atoms with Crippen LogP contribution < -0.4 is 5.32 Å². The summed E-state index contributed by atoms with van der Waals surface area (Å²) < 4.78 is 43.4. The van der Waals surface area contributed by atoms with E-state index in [0.717, 1.165) is 6.92 Å². The number of carbonyl (C=O) groups excluding carboxylic acids is 2. The van der Waals surface area contributed by atoms with Crippen molar-refractivity contribution >= 4 is 17.7 Å². The van der Waals surface area contributed by atoms with E-state index in [1.807, 2.05) is 5.32 Å². The van der Waals surface area contributed by atoms with Crippen LogP contribution in [-0.2, 0) is 14.3 Å². The topological polar surface area (TPSA) is 67.8 Å². The maximum atomic E-state index is 13.1. The zero-order chi connectivity index (χ0) is 15.0. The summed E-state index contributed by atoms with van der Waals surface area (Å²) in [5.74, 6) is -3.09. The zero-order valence-corrected chi connectivity index (χ0v) is 10.2. The minimum atomic E-state index is -5.15. The molecule has 0 spiro atoms. The standard InChI is InChI=1S/C12H9F3N2O3/c1-7(18)20-11(12(13,14)15)10(19)16-9(17-11)8-5-3-2-4-6-8/h2-6H,1H3,(H,16,17,19). The number of aliphatic imine (C=N–C) groups is 1. The van der Waals surface area contributed by atoms with Crippen molar-refractivity contribution in [3.63, 3.8) is 0 Å². The van der Waals surface area contributed by atoms with E-state index >= 15 is 0 Å². The van der Waals surface area contributed by atoms with Gasteiger partial charge < -0.3 is 10.1 Å². The van der Waals surface area contributed by atoms with Crippen LogP contribution in [0.2, 0.25) is 0 Å². The van der Waals surface area contributed by atoms with E-state index in [0.29, 0.717) is 0 Å². The quantitative estimate of drug-likeness (QED) is 0.835. The Morgan fingerprint density at radius 1 is 1.30 bits per heavy atom. The first-order chi connectivity index (χ1) is 9.26. The van der Waals surface area contributed by atoms with Crippen molar-refractivity contribution in [1.82, 2.24) is 5.32 Å². The molecule has 1 amide bonds.